The number of quaternary nitrogens is 1. The zero-order chi connectivity index (χ0) is 30.8. The van der Waals surface area contributed by atoms with Gasteiger partial charge in [-0.15, -0.1) is 0 Å². The van der Waals surface area contributed by atoms with Crippen LogP contribution in [0.3, 0.4) is 0 Å². The molecule has 0 spiro atoms. The number of aryl methyl sites for hydroxylation is 1. The number of benzene rings is 2. The first kappa shape index (κ1) is 29.7. The van der Waals surface area contributed by atoms with Gasteiger partial charge in [0, 0.05) is 23.9 Å². The number of ether oxygens (including phenoxy) is 2. The lowest BCUT2D eigenvalue weighted by molar-refractivity contribution is -0.811. The van der Waals surface area contributed by atoms with Crippen LogP contribution < -0.4 is 21.1 Å². The maximum atomic E-state index is 14.0. The summed E-state index contributed by atoms with van der Waals surface area (Å²) in [6.07, 6.45) is 1.58. The Balaban J connectivity index is 1.55. The lowest BCUT2D eigenvalue weighted by Crippen LogP contribution is -2.59. The first-order valence-electron chi connectivity index (χ1n) is 12.8. The van der Waals surface area contributed by atoms with Crippen molar-refractivity contribution in [3.05, 3.63) is 89.6 Å². The Labute approximate surface area is 241 Å². The number of nitrogens with zero attached hydrogens (tertiary/aromatic N) is 2. The molecular weight excluding hydrogens is 545 g/mol. The molecule has 12 heteroatoms. The van der Waals surface area contributed by atoms with Crippen molar-refractivity contribution < 1.29 is 37.8 Å². The number of rotatable bonds is 6. The van der Waals surface area contributed by atoms with Crippen LogP contribution in [-0.2, 0) is 9.53 Å². The Hall–Kier alpha value is -5.23. The van der Waals surface area contributed by atoms with Crippen LogP contribution in [0.5, 0.6) is 11.5 Å². The first-order valence-corrected chi connectivity index (χ1v) is 12.8. The van der Waals surface area contributed by atoms with E-state index in [-0.39, 0.29) is 22.9 Å². The lowest BCUT2D eigenvalue weighted by atomic mass is 10.0. The Bertz CT molecular complexity index is 1630. The van der Waals surface area contributed by atoms with E-state index in [1.807, 2.05) is 0 Å². The number of nitrogens with two attached hydrogens (primary N) is 1. The van der Waals surface area contributed by atoms with E-state index in [0.29, 0.717) is 22.8 Å². The molecule has 0 aliphatic carbocycles. The molecule has 4 rings (SSSR count). The molecule has 0 radical (unpaired) electrons. The minimum Gasteiger partial charge on any atom is -0.462 e. The molecule has 2 heterocycles. The van der Waals surface area contributed by atoms with Gasteiger partial charge in [0.1, 0.15) is 34.9 Å². The first-order chi connectivity index (χ1) is 19.7. The van der Waals surface area contributed by atoms with Crippen LogP contribution in [0.2, 0.25) is 0 Å². The summed E-state index contributed by atoms with van der Waals surface area (Å²) in [6.45, 7) is 6.88. The fraction of sp³-hybridized carbons (Fsp3) is 0.200. The molecule has 1 aliphatic heterocycles. The van der Waals surface area contributed by atoms with Crippen molar-refractivity contribution in [2.24, 2.45) is 0 Å². The summed E-state index contributed by atoms with van der Waals surface area (Å²) in [6, 6.07) is 13.2. The number of halogens is 1. The number of esters is 1. The van der Waals surface area contributed by atoms with Crippen LogP contribution in [0, 0.1) is 12.7 Å². The van der Waals surface area contributed by atoms with E-state index in [1.54, 1.807) is 64.1 Å². The van der Waals surface area contributed by atoms with Gasteiger partial charge >= 0.3 is 18.1 Å². The summed E-state index contributed by atoms with van der Waals surface area (Å²) in [4.78, 5) is 41.8. The SMILES string of the molecule is COC(=O)C1=CC(c2cc(Oc3ccc(NC(=O)Nc4cc(C)ccc4F)cc3)cc(N)n2)=C[N+]1(C(=O)O)C(C)(C)C. The zero-order valence-electron chi connectivity index (χ0n) is 23.7. The number of carbonyl (C=O) groups excluding carboxylic acids is 2. The molecule has 218 valence electrons. The topological polar surface area (TPSA) is 153 Å². The third kappa shape index (κ3) is 5.93. The molecule has 1 aromatic heterocycles. The summed E-state index contributed by atoms with van der Waals surface area (Å²) in [5.74, 6) is -0.530. The highest BCUT2D eigenvalue weighted by molar-refractivity contribution is 6.00. The van der Waals surface area contributed by atoms with Gasteiger partial charge in [0.05, 0.1) is 24.1 Å². The third-order valence-corrected chi connectivity index (χ3v) is 6.59. The van der Waals surface area contributed by atoms with Crippen LogP contribution in [0.25, 0.3) is 5.57 Å². The van der Waals surface area contributed by atoms with E-state index in [9.17, 15) is 23.9 Å². The molecule has 0 fully saturated rings. The summed E-state index contributed by atoms with van der Waals surface area (Å²) in [5, 5.41) is 15.3. The maximum Gasteiger partial charge on any atom is 0.524 e. The second-order valence-electron chi connectivity index (χ2n) is 10.6. The van der Waals surface area contributed by atoms with Gasteiger partial charge in [-0.25, -0.2) is 19.0 Å². The van der Waals surface area contributed by atoms with Crippen molar-refractivity contribution in [2.75, 3.05) is 23.5 Å². The second kappa shape index (κ2) is 11.3. The Kier molecular flexibility index (Phi) is 8.03. The Morgan fingerprint density at radius 3 is 2.31 bits per heavy atom. The number of anilines is 3. The van der Waals surface area contributed by atoms with Crippen molar-refractivity contribution in [1.82, 2.24) is 4.98 Å². The van der Waals surface area contributed by atoms with Crippen molar-refractivity contribution in [2.45, 2.75) is 33.2 Å². The number of hydrogen-bond donors (Lipinski definition) is 4. The fourth-order valence-corrected chi connectivity index (χ4v) is 4.51. The van der Waals surface area contributed by atoms with E-state index >= 15 is 0 Å². The standard InChI is InChI=1S/C30H30FN5O6/c1-17-6-11-22(31)24(12-17)35-28(38)33-19-7-9-20(10-8-19)42-21-14-23(34-26(32)15-21)18-13-25(27(37)41-5)36(16-18,29(39)40)30(2,3)4/h6-16H,1-5H3,(H4-,32,33,34,35,38,39,40)/p+1. The number of hydrogen-bond acceptors (Lipinski definition) is 7. The molecule has 5 N–H and O–H groups in total. The molecule has 0 saturated heterocycles. The van der Waals surface area contributed by atoms with Crippen LogP contribution >= 0.6 is 0 Å². The average Bonchev–Trinajstić information content (AvgIpc) is 3.34. The van der Waals surface area contributed by atoms with Gasteiger partial charge in [0.15, 0.2) is 0 Å². The normalized spacial score (nSPS) is 16.2. The van der Waals surface area contributed by atoms with Gasteiger partial charge in [-0.1, -0.05) is 6.07 Å². The smallest absolute Gasteiger partial charge is 0.462 e. The maximum absolute atomic E-state index is 14.0. The van der Waals surface area contributed by atoms with Crippen LogP contribution in [0.15, 0.2) is 72.6 Å². The van der Waals surface area contributed by atoms with Gasteiger partial charge in [0.2, 0.25) is 5.70 Å². The second-order valence-corrected chi connectivity index (χ2v) is 10.6. The molecule has 42 heavy (non-hydrogen) atoms. The highest BCUT2D eigenvalue weighted by atomic mass is 19.1. The number of aromatic nitrogens is 1. The molecule has 2 aromatic carbocycles. The predicted octanol–water partition coefficient (Wildman–Crippen LogP) is 6.25. The van der Waals surface area contributed by atoms with Gasteiger partial charge in [-0.3, -0.25) is 0 Å². The molecule has 0 saturated carbocycles. The quantitative estimate of drug-likeness (QED) is 0.198. The van der Waals surface area contributed by atoms with Crippen molar-refractivity contribution in [3.8, 4) is 11.5 Å². The minimum absolute atomic E-state index is 0.0614. The van der Waals surface area contributed by atoms with E-state index in [4.69, 9.17) is 15.2 Å². The number of amides is 3. The van der Waals surface area contributed by atoms with Crippen molar-refractivity contribution in [1.29, 1.82) is 0 Å². The number of methoxy groups -OCH3 is 1. The number of nitrogens with one attached hydrogen (secondary N) is 2. The number of carboxylic acid groups (broad SMARTS) is 1. The zero-order valence-corrected chi connectivity index (χ0v) is 23.7. The number of allylic oxidation sites excluding steroid dienone is 2. The number of pyridine rings is 1. The molecule has 3 aromatic rings. The third-order valence-electron chi connectivity index (χ3n) is 6.59. The van der Waals surface area contributed by atoms with Crippen molar-refractivity contribution >= 4 is 40.9 Å². The molecule has 1 atom stereocenters. The van der Waals surface area contributed by atoms with E-state index in [2.05, 4.69) is 15.6 Å². The summed E-state index contributed by atoms with van der Waals surface area (Å²) in [7, 11) is 1.18. The largest absolute Gasteiger partial charge is 0.524 e. The summed E-state index contributed by atoms with van der Waals surface area (Å²) >= 11 is 0. The van der Waals surface area contributed by atoms with Gasteiger partial charge < -0.3 is 30.9 Å². The highest BCUT2D eigenvalue weighted by Crippen LogP contribution is 2.42. The highest BCUT2D eigenvalue weighted by Gasteiger charge is 2.56. The van der Waals surface area contributed by atoms with Crippen LogP contribution in [0.1, 0.15) is 32.0 Å². The molecular formula is C30H31FN5O6+. The van der Waals surface area contributed by atoms with E-state index < -0.39 is 33.9 Å². The monoisotopic (exact) mass is 576 g/mol. The molecule has 1 aliphatic rings. The number of nitrogen functional groups attached to an aromatic ring is 1. The number of carbonyl (C=O) groups is 3. The molecule has 1 unspecified atom stereocenters. The fourth-order valence-electron chi connectivity index (χ4n) is 4.51. The molecule has 3 amide bonds. The van der Waals surface area contributed by atoms with Gasteiger partial charge in [-0.05, 0) is 69.7 Å². The van der Waals surface area contributed by atoms with Crippen molar-refractivity contribution in [3.63, 3.8) is 0 Å². The van der Waals surface area contributed by atoms with Crippen LogP contribution in [-0.4, -0.2) is 45.3 Å². The minimum atomic E-state index is -1.26. The van der Waals surface area contributed by atoms with Crippen LogP contribution in [0.4, 0.5) is 31.2 Å². The van der Waals surface area contributed by atoms with Gasteiger partial charge in [0.25, 0.3) is 0 Å². The molecule has 0 bridgehead atoms. The Morgan fingerprint density at radius 1 is 1.00 bits per heavy atom. The summed E-state index contributed by atoms with van der Waals surface area (Å²) < 4.78 is 24.0. The lowest BCUT2D eigenvalue weighted by Gasteiger charge is -2.38. The number of urea groups is 1. The Morgan fingerprint density at radius 2 is 1.69 bits per heavy atom. The van der Waals surface area contributed by atoms with E-state index in [0.717, 1.165) is 5.56 Å². The molecule has 11 nitrogen and oxygen atoms in total. The van der Waals surface area contributed by atoms with E-state index in [1.165, 1.54) is 37.6 Å². The summed E-state index contributed by atoms with van der Waals surface area (Å²) in [5.41, 5.74) is 6.94. The van der Waals surface area contributed by atoms with Gasteiger partial charge in [-0.2, -0.15) is 9.28 Å². The average molecular weight is 577 g/mol. The predicted molar refractivity (Wildman–Crippen MR) is 155 cm³/mol.